The largest absolute Gasteiger partial charge is 0.251 e. The minimum Gasteiger partial charge on any atom is -0.251 e. The predicted molar refractivity (Wildman–Crippen MR) is 188 cm³/mol. The van der Waals surface area contributed by atoms with Gasteiger partial charge in [0.25, 0.3) is 0 Å². The van der Waals surface area contributed by atoms with E-state index in [9.17, 15) is 5.26 Å². The Labute approximate surface area is 277 Å². The molecule has 0 spiro atoms. The molecule has 1 aromatic carbocycles. The molecule has 2 heteroatoms. The molecule has 5 aliphatic carbocycles. The molecule has 0 bridgehead atoms. The summed E-state index contributed by atoms with van der Waals surface area (Å²) in [6.45, 7) is 9.69. The summed E-state index contributed by atoms with van der Waals surface area (Å²) in [5.74, 6) is 14.2. The van der Waals surface area contributed by atoms with Crippen LogP contribution in [0.4, 0.5) is 0 Å². The highest BCUT2D eigenvalue weighted by Crippen LogP contribution is 2.52. The third kappa shape index (κ3) is 7.89. The van der Waals surface area contributed by atoms with Crippen LogP contribution in [-0.4, -0.2) is 11.4 Å². The molecule has 1 N–H and O–H groups in total. The Kier molecular flexibility index (Phi) is 11.1. The van der Waals surface area contributed by atoms with Crippen molar-refractivity contribution in [3.05, 3.63) is 35.4 Å². The standard InChI is InChI=1S/C43H66O2/c1-31-5-13-35(14-6-31)37-22-27-42(4,28-23-37)26-21-34-11-19-40(20-12-34)43(41(45-44)39-17-9-33(3)10-18-39)29-24-38(25-30-43)36-15-7-32(2)8-16-36/h11-12,19-20,31-33,35-39,41,44H,5-10,13-18,22-25,27-30H2,1-4H3/t31?,32?,33?,35?,36?,37?,38?,39?,41-,42?,43?/m0/s1. The summed E-state index contributed by atoms with van der Waals surface area (Å²) < 4.78 is 0. The first-order chi connectivity index (χ1) is 21.8. The first kappa shape index (κ1) is 33.6. The smallest absolute Gasteiger partial charge is 0.105 e. The van der Waals surface area contributed by atoms with Gasteiger partial charge in [-0.15, -0.1) is 0 Å². The molecule has 0 heterocycles. The highest BCUT2D eigenvalue weighted by molar-refractivity contribution is 5.40. The third-order valence-electron chi connectivity index (χ3n) is 14.6. The lowest BCUT2D eigenvalue weighted by molar-refractivity contribution is -0.312. The van der Waals surface area contributed by atoms with Gasteiger partial charge in [0.05, 0.1) is 0 Å². The number of rotatable bonds is 6. The molecule has 0 radical (unpaired) electrons. The SMILES string of the molecule is CC1CCC(C2CCC(C)(C#Cc3ccc(C4([C@@H](OO)C5CCC(C)CC5)CCC(C5CCC(C)CC5)CC4)cc3)CC2)CC1. The maximum atomic E-state index is 10.6. The molecule has 0 aromatic heterocycles. The fourth-order valence-corrected chi connectivity index (χ4v) is 11.1. The number of benzene rings is 1. The van der Waals surface area contributed by atoms with E-state index in [1.807, 2.05) is 0 Å². The molecule has 0 saturated heterocycles. The summed E-state index contributed by atoms with van der Waals surface area (Å²) in [4.78, 5) is 5.62. The molecule has 1 aromatic rings. The maximum absolute atomic E-state index is 10.6. The molecule has 0 unspecified atom stereocenters. The minimum absolute atomic E-state index is 0.0916. The quantitative estimate of drug-likeness (QED) is 0.196. The average Bonchev–Trinajstić information content (AvgIpc) is 3.07. The Morgan fingerprint density at radius 2 is 1.02 bits per heavy atom. The van der Waals surface area contributed by atoms with Crippen LogP contribution < -0.4 is 0 Å². The van der Waals surface area contributed by atoms with Crippen molar-refractivity contribution in [3.63, 3.8) is 0 Å². The highest BCUT2D eigenvalue weighted by Gasteiger charge is 2.49. The molecule has 5 aliphatic rings. The lowest BCUT2D eigenvalue weighted by Gasteiger charge is -2.49. The molecule has 1 atom stereocenters. The van der Waals surface area contributed by atoms with Gasteiger partial charge in [-0.2, -0.15) is 0 Å². The van der Waals surface area contributed by atoms with Gasteiger partial charge < -0.3 is 0 Å². The zero-order valence-corrected chi connectivity index (χ0v) is 29.5. The minimum atomic E-state index is -0.101. The number of hydrogen-bond acceptors (Lipinski definition) is 2. The van der Waals surface area contributed by atoms with Gasteiger partial charge >= 0.3 is 0 Å². The molecule has 0 aliphatic heterocycles. The summed E-state index contributed by atoms with van der Waals surface area (Å²) in [5.41, 5.74) is 2.60. The molecular formula is C43H66O2. The van der Waals surface area contributed by atoms with Crippen LogP contribution >= 0.6 is 0 Å². The van der Waals surface area contributed by atoms with E-state index in [4.69, 9.17) is 4.89 Å². The van der Waals surface area contributed by atoms with Gasteiger partial charge in [0.2, 0.25) is 0 Å². The lowest BCUT2D eigenvalue weighted by Crippen LogP contribution is -2.49. The fraction of sp³-hybridized carbons (Fsp3) is 0.814. The second-order valence-corrected chi connectivity index (χ2v) is 17.8. The summed E-state index contributed by atoms with van der Waals surface area (Å²) in [6, 6.07) is 9.31. The Balaban J connectivity index is 1.14. The van der Waals surface area contributed by atoms with Crippen LogP contribution in [0.1, 0.15) is 167 Å². The molecule has 5 fully saturated rings. The summed E-state index contributed by atoms with van der Waals surface area (Å²) in [5, 5.41) is 10.6. The van der Waals surface area contributed by atoms with E-state index in [-0.39, 0.29) is 16.9 Å². The first-order valence-electron chi connectivity index (χ1n) is 19.7. The molecule has 6 rings (SSSR count). The van der Waals surface area contributed by atoms with E-state index < -0.39 is 0 Å². The molecule has 5 saturated carbocycles. The van der Waals surface area contributed by atoms with Crippen molar-refractivity contribution in [3.8, 4) is 11.8 Å². The summed E-state index contributed by atoms with van der Waals surface area (Å²) in [6.07, 6.45) is 26.4. The van der Waals surface area contributed by atoms with Crippen molar-refractivity contribution in [1.29, 1.82) is 0 Å². The van der Waals surface area contributed by atoms with Gasteiger partial charge in [-0.25, -0.2) is 4.89 Å². The van der Waals surface area contributed by atoms with Crippen molar-refractivity contribution in [2.24, 2.45) is 52.8 Å². The molecule has 0 amide bonds. The average molecular weight is 615 g/mol. The van der Waals surface area contributed by atoms with Crippen molar-refractivity contribution < 1.29 is 10.1 Å². The maximum Gasteiger partial charge on any atom is 0.105 e. The van der Waals surface area contributed by atoms with Crippen LogP contribution in [-0.2, 0) is 10.3 Å². The monoisotopic (exact) mass is 615 g/mol. The summed E-state index contributed by atoms with van der Waals surface area (Å²) >= 11 is 0. The van der Waals surface area contributed by atoms with Crippen molar-refractivity contribution in [1.82, 2.24) is 0 Å². The van der Waals surface area contributed by atoms with Gasteiger partial charge in [0, 0.05) is 16.4 Å². The topological polar surface area (TPSA) is 29.5 Å². The number of hydrogen-bond donors (Lipinski definition) is 1. The van der Waals surface area contributed by atoms with Crippen LogP contribution in [0.2, 0.25) is 0 Å². The normalized spacial score (nSPS) is 41.9. The zero-order chi connectivity index (χ0) is 31.4. The predicted octanol–water partition coefficient (Wildman–Crippen LogP) is 12.0. The van der Waals surface area contributed by atoms with Crippen LogP contribution in [0.5, 0.6) is 0 Å². The highest BCUT2D eigenvalue weighted by atomic mass is 17.1. The van der Waals surface area contributed by atoms with E-state index in [0.29, 0.717) is 5.92 Å². The Hall–Kier alpha value is -1.30. The van der Waals surface area contributed by atoms with Crippen LogP contribution in [0.3, 0.4) is 0 Å². The van der Waals surface area contributed by atoms with E-state index in [0.717, 1.165) is 59.8 Å². The fourth-order valence-electron chi connectivity index (χ4n) is 11.1. The van der Waals surface area contributed by atoms with E-state index >= 15 is 0 Å². The van der Waals surface area contributed by atoms with Crippen molar-refractivity contribution in [2.75, 3.05) is 0 Å². The van der Waals surface area contributed by atoms with Crippen LogP contribution in [0.25, 0.3) is 0 Å². The first-order valence-corrected chi connectivity index (χ1v) is 19.7. The van der Waals surface area contributed by atoms with Crippen LogP contribution in [0, 0.1) is 64.6 Å². The van der Waals surface area contributed by atoms with Crippen LogP contribution in [0.15, 0.2) is 24.3 Å². The Morgan fingerprint density at radius 3 is 1.49 bits per heavy atom. The van der Waals surface area contributed by atoms with Gasteiger partial charge in [0.1, 0.15) is 6.10 Å². The summed E-state index contributed by atoms with van der Waals surface area (Å²) in [7, 11) is 0. The van der Waals surface area contributed by atoms with E-state index in [1.54, 1.807) is 0 Å². The lowest BCUT2D eigenvalue weighted by atomic mass is 9.57. The Bertz CT molecular complexity index is 1100. The van der Waals surface area contributed by atoms with Crippen molar-refractivity contribution >= 4 is 0 Å². The van der Waals surface area contributed by atoms with Gasteiger partial charge in [-0.05, 0) is 162 Å². The van der Waals surface area contributed by atoms with E-state index in [1.165, 1.54) is 121 Å². The zero-order valence-electron chi connectivity index (χ0n) is 29.5. The molecule has 250 valence electrons. The molecule has 2 nitrogen and oxygen atoms in total. The van der Waals surface area contributed by atoms with Gasteiger partial charge in [-0.1, -0.05) is 83.3 Å². The third-order valence-corrected chi connectivity index (χ3v) is 14.6. The second-order valence-electron chi connectivity index (χ2n) is 17.8. The molecular weight excluding hydrogens is 548 g/mol. The van der Waals surface area contributed by atoms with Gasteiger partial charge in [-0.3, -0.25) is 5.26 Å². The molecule has 45 heavy (non-hydrogen) atoms. The van der Waals surface area contributed by atoms with Crippen molar-refractivity contribution in [2.45, 2.75) is 168 Å². The van der Waals surface area contributed by atoms with Gasteiger partial charge in [0.15, 0.2) is 0 Å². The van der Waals surface area contributed by atoms with E-state index in [2.05, 4.69) is 63.8 Å². The second kappa shape index (κ2) is 14.9. The Morgan fingerprint density at radius 1 is 0.600 bits per heavy atom.